The highest BCUT2D eigenvalue weighted by atomic mass is 35.5. The van der Waals surface area contributed by atoms with Crippen molar-refractivity contribution in [2.24, 2.45) is 0 Å². The van der Waals surface area contributed by atoms with Crippen molar-refractivity contribution in [3.8, 4) is 10.7 Å². The molecule has 0 unspecified atom stereocenters. The Kier molecular flexibility index (Phi) is 2.16. The van der Waals surface area contributed by atoms with E-state index in [4.69, 9.17) is 17.3 Å². The largest absolute Gasteiger partial charge is 0.384 e. The minimum Gasteiger partial charge on any atom is -0.384 e. The molecule has 0 amide bonds. The molecule has 0 atom stereocenters. The summed E-state index contributed by atoms with van der Waals surface area (Å²) in [6.07, 6.45) is 0. The first-order valence-corrected chi connectivity index (χ1v) is 4.85. The van der Waals surface area contributed by atoms with Crippen molar-refractivity contribution in [2.45, 2.75) is 0 Å². The molecule has 2 rings (SSSR count). The molecule has 0 aliphatic carbocycles. The number of hydrogen-bond donors (Lipinski definition) is 1. The lowest BCUT2D eigenvalue weighted by Gasteiger charge is -1.98. The van der Waals surface area contributed by atoms with Crippen LogP contribution in [0.1, 0.15) is 0 Å². The van der Waals surface area contributed by atoms with Crippen molar-refractivity contribution in [3.63, 3.8) is 0 Å². The molecule has 66 valence electrons. The molecular weight excluding hydrogens is 206 g/mol. The molecule has 2 aromatic rings. The number of hydrogen-bond acceptors (Lipinski definition) is 4. The Morgan fingerprint density at radius 1 is 1.38 bits per heavy atom. The lowest BCUT2D eigenvalue weighted by atomic mass is 10.4. The fourth-order valence-corrected chi connectivity index (χ4v) is 1.80. The zero-order valence-corrected chi connectivity index (χ0v) is 8.14. The zero-order chi connectivity index (χ0) is 9.26. The number of halogens is 1. The third-order valence-electron chi connectivity index (χ3n) is 1.46. The maximum atomic E-state index is 5.74. The Bertz CT molecular complexity index is 393. The van der Waals surface area contributed by atoms with E-state index in [0.717, 1.165) is 4.88 Å². The first-order valence-electron chi connectivity index (χ1n) is 3.59. The number of nitrogen functional groups attached to an aromatic ring is 1. The summed E-state index contributed by atoms with van der Waals surface area (Å²) in [6.45, 7) is 0. The monoisotopic (exact) mass is 211 g/mol. The molecule has 2 heterocycles. The van der Waals surface area contributed by atoms with Gasteiger partial charge in [0.2, 0.25) is 0 Å². The Balaban J connectivity index is 2.53. The second kappa shape index (κ2) is 3.32. The highest BCUT2D eigenvalue weighted by molar-refractivity contribution is 7.13. The van der Waals surface area contributed by atoms with Crippen LogP contribution in [-0.4, -0.2) is 9.97 Å². The molecule has 0 aliphatic heterocycles. The summed E-state index contributed by atoms with van der Waals surface area (Å²) in [7, 11) is 0. The molecule has 0 aliphatic rings. The molecule has 0 saturated heterocycles. The summed E-state index contributed by atoms with van der Waals surface area (Å²) in [5.74, 6) is 0.975. The minimum atomic E-state index is 0.371. The normalized spacial score (nSPS) is 10.2. The predicted octanol–water partition coefficient (Wildman–Crippen LogP) is 2.44. The van der Waals surface area contributed by atoms with Crippen LogP contribution in [0.25, 0.3) is 10.7 Å². The van der Waals surface area contributed by atoms with Crippen LogP contribution in [0, 0.1) is 0 Å². The van der Waals surface area contributed by atoms with E-state index < -0.39 is 0 Å². The minimum absolute atomic E-state index is 0.371. The first-order chi connectivity index (χ1) is 6.25. The van der Waals surface area contributed by atoms with Gasteiger partial charge in [0.25, 0.3) is 0 Å². The van der Waals surface area contributed by atoms with Gasteiger partial charge >= 0.3 is 0 Å². The summed E-state index contributed by atoms with van der Waals surface area (Å²) >= 11 is 7.29. The van der Waals surface area contributed by atoms with Gasteiger partial charge in [-0.3, -0.25) is 0 Å². The van der Waals surface area contributed by atoms with Crippen LogP contribution in [0.4, 0.5) is 5.82 Å². The molecule has 5 heteroatoms. The summed E-state index contributed by atoms with van der Waals surface area (Å²) in [5.41, 5.74) is 5.53. The average Bonchev–Trinajstić information content (AvgIpc) is 2.53. The lowest BCUT2D eigenvalue weighted by molar-refractivity contribution is 1.19. The molecule has 13 heavy (non-hydrogen) atoms. The van der Waals surface area contributed by atoms with Crippen molar-refractivity contribution in [1.82, 2.24) is 9.97 Å². The maximum absolute atomic E-state index is 5.74. The number of anilines is 1. The summed E-state index contributed by atoms with van der Waals surface area (Å²) < 4.78 is 0. The van der Waals surface area contributed by atoms with Gasteiger partial charge in [0.05, 0.1) is 4.88 Å². The smallest absolute Gasteiger partial charge is 0.173 e. The SMILES string of the molecule is Nc1cc(Cl)nc(-c2cccs2)n1. The van der Waals surface area contributed by atoms with E-state index in [1.54, 1.807) is 11.3 Å². The van der Waals surface area contributed by atoms with E-state index >= 15 is 0 Å². The van der Waals surface area contributed by atoms with E-state index in [9.17, 15) is 0 Å². The van der Waals surface area contributed by atoms with Gasteiger partial charge in [-0.15, -0.1) is 11.3 Å². The third kappa shape index (κ3) is 1.79. The molecule has 2 aromatic heterocycles. The van der Waals surface area contributed by atoms with Crippen LogP contribution in [-0.2, 0) is 0 Å². The Morgan fingerprint density at radius 3 is 2.85 bits per heavy atom. The topological polar surface area (TPSA) is 51.8 Å². The van der Waals surface area contributed by atoms with Gasteiger partial charge < -0.3 is 5.73 Å². The predicted molar refractivity (Wildman–Crippen MR) is 54.8 cm³/mol. The van der Waals surface area contributed by atoms with E-state index in [1.165, 1.54) is 6.07 Å². The Morgan fingerprint density at radius 2 is 2.23 bits per heavy atom. The molecule has 0 radical (unpaired) electrons. The third-order valence-corrected chi connectivity index (χ3v) is 2.52. The molecule has 0 aromatic carbocycles. The quantitative estimate of drug-likeness (QED) is 0.738. The van der Waals surface area contributed by atoms with Gasteiger partial charge in [0, 0.05) is 6.07 Å². The molecule has 0 spiro atoms. The molecule has 3 nitrogen and oxygen atoms in total. The molecule has 2 N–H and O–H groups in total. The number of rotatable bonds is 1. The summed E-state index contributed by atoms with van der Waals surface area (Å²) in [6, 6.07) is 5.38. The molecule has 0 bridgehead atoms. The number of nitrogens with two attached hydrogens (primary N) is 1. The van der Waals surface area contributed by atoms with Crippen LogP contribution in [0.2, 0.25) is 5.15 Å². The highest BCUT2D eigenvalue weighted by Gasteiger charge is 2.04. The average molecular weight is 212 g/mol. The fraction of sp³-hybridized carbons (Fsp3) is 0. The van der Waals surface area contributed by atoms with Gasteiger partial charge in [-0.2, -0.15) is 0 Å². The highest BCUT2D eigenvalue weighted by Crippen LogP contribution is 2.23. The standard InChI is InChI=1S/C8H6ClN3S/c9-6-4-7(10)12-8(11-6)5-2-1-3-13-5/h1-4H,(H2,10,11,12). The van der Waals surface area contributed by atoms with Crippen molar-refractivity contribution >= 4 is 28.8 Å². The van der Waals surface area contributed by atoms with Gasteiger partial charge in [-0.05, 0) is 11.4 Å². The lowest BCUT2D eigenvalue weighted by Crippen LogP contribution is -1.94. The number of aromatic nitrogens is 2. The number of thiophene rings is 1. The van der Waals surface area contributed by atoms with Gasteiger partial charge in [-0.25, -0.2) is 9.97 Å². The summed E-state index contributed by atoms with van der Waals surface area (Å²) in [4.78, 5) is 9.10. The Labute approximate surface area is 84.2 Å². The van der Waals surface area contributed by atoms with Crippen molar-refractivity contribution < 1.29 is 0 Å². The van der Waals surface area contributed by atoms with E-state index in [2.05, 4.69) is 9.97 Å². The van der Waals surface area contributed by atoms with Crippen LogP contribution >= 0.6 is 22.9 Å². The fourth-order valence-electron chi connectivity index (χ4n) is 0.951. The van der Waals surface area contributed by atoms with Crippen molar-refractivity contribution in [2.75, 3.05) is 5.73 Å². The number of nitrogens with zero attached hydrogens (tertiary/aromatic N) is 2. The van der Waals surface area contributed by atoms with Gasteiger partial charge in [0.1, 0.15) is 11.0 Å². The molecular formula is C8H6ClN3S. The van der Waals surface area contributed by atoms with Crippen molar-refractivity contribution in [3.05, 3.63) is 28.7 Å². The van der Waals surface area contributed by atoms with Gasteiger partial charge in [-0.1, -0.05) is 17.7 Å². The Hall–Kier alpha value is -1.13. The van der Waals surface area contributed by atoms with E-state index in [1.807, 2.05) is 17.5 Å². The van der Waals surface area contributed by atoms with Crippen molar-refractivity contribution in [1.29, 1.82) is 0 Å². The molecule has 0 fully saturated rings. The second-order valence-corrected chi connectivity index (χ2v) is 3.75. The van der Waals surface area contributed by atoms with Crippen LogP contribution in [0.5, 0.6) is 0 Å². The van der Waals surface area contributed by atoms with E-state index in [0.29, 0.717) is 16.8 Å². The first kappa shape index (κ1) is 8.47. The molecule has 0 saturated carbocycles. The van der Waals surface area contributed by atoms with Crippen LogP contribution in [0.3, 0.4) is 0 Å². The van der Waals surface area contributed by atoms with Crippen LogP contribution in [0.15, 0.2) is 23.6 Å². The van der Waals surface area contributed by atoms with Gasteiger partial charge in [0.15, 0.2) is 5.82 Å². The summed E-state index contributed by atoms with van der Waals surface area (Å²) in [5, 5.41) is 2.33. The van der Waals surface area contributed by atoms with Crippen LogP contribution < -0.4 is 5.73 Å². The maximum Gasteiger partial charge on any atom is 0.173 e. The zero-order valence-electron chi connectivity index (χ0n) is 6.57. The second-order valence-electron chi connectivity index (χ2n) is 2.42. The van der Waals surface area contributed by atoms with E-state index in [-0.39, 0.29) is 0 Å².